The van der Waals surface area contributed by atoms with Gasteiger partial charge in [0.25, 0.3) is 0 Å². The summed E-state index contributed by atoms with van der Waals surface area (Å²) in [6.45, 7) is 6.13. The van der Waals surface area contributed by atoms with Crippen molar-refractivity contribution in [2.24, 2.45) is 0 Å². The van der Waals surface area contributed by atoms with Crippen molar-refractivity contribution in [2.75, 3.05) is 17.7 Å². The Balaban J connectivity index is 2.39. The van der Waals surface area contributed by atoms with Gasteiger partial charge >= 0.3 is 0 Å². The first kappa shape index (κ1) is 14.8. The molecule has 0 spiro atoms. The first-order valence-electron chi connectivity index (χ1n) is 6.63. The fourth-order valence-corrected chi connectivity index (χ4v) is 2.19. The molecular formula is C15H19BrN4. The maximum absolute atomic E-state index is 4.57. The molecule has 0 aliphatic carbocycles. The van der Waals surface area contributed by atoms with E-state index in [-0.39, 0.29) is 0 Å². The molecule has 106 valence electrons. The van der Waals surface area contributed by atoms with E-state index in [1.165, 1.54) is 5.56 Å². The lowest BCUT2D eigenvalue weighted by atomic mass is 10.2. The molecule has 1 heterocycles. The minimum absolute atomic E-state index is 0.809. The number of aromatic nitrogens is 2. The van der Waals surface area contributed by atoms with Crippen LogP contribution in [0.25, 0.3) is 0 Å². The lowest BCUT2D eigenvalue weighted by Crippen LogP contribution is -2.06. The van der Waals surface area contributed by atoms with Crippen LogP contribution in [-0.2, 0) is 6.42 Å². The van der Waals surface area contributed by atoms with Crippen molar-refractivity contribution >= 4 is 33.3 Å². The summed E-state index contributed by atoms with van der Waals surface area (Å²) in [6, 6.07) is 6.16. The second-order valence-electron chi connectivity index (χ2n) is 4.65. The third-order valence-electron chi connectivity index (χ3n) is 3.17. The Morgan fingerprint density at radius 3 is 2.45 bits per heavy atom. The zero-order chi connectivity index (χ0) is 14.7. The van der Waals surface area contributed by atoms with Gasteiger partial charge in [-0.3, -0.25) is 0 Å². The molecule has 0 aliphatic heterocycles. The molecule has 2 aromatic rings. The molecule has 0 fully saturated rings. The Labute approximate surface area is 128 Å². The van der Waals surface area contributed by atoms with Gasteiger partial charge in [0.2, 0.25) is 0 Å². The van der Waals surface area contributed by atoms with Crippen molar-refractivity contribution in [3.8, 4) is 0 Å². The number of benzene rings is 1. The Bertz CT molecular complexity index is 626. The monoisotopic (exact) mass is 334 g/mol. The highest BCUT2D eigenvalue weighted by Crippen LogP contribution is 2.26. The number of hydrogen-bond acceptors (Lipinski definition) is 4. The van der Waals surface area contributed by atoms with Crippen LogP contribution in [0.15, 0.2) is 22.7 Å². The zero-order valence-corrected chi connectivity index (χ0v) is 13.8. The van der Waals surface area contributed by atoms with Crippen LogP contribution in [-0.4, -0.2) is 17.0 Å². The van der Waals surface area contributed by atoms with Gasteiger partial charge in [-0.25, -0.2) is 9.97 Å². The molecule has 0 unspecified atom stereocenters. The number of halogens is 1. The fourth-order valence-electron chi connectivity index (χ4n) is 1.95. The summed E-state index contributed by atoms with van der Waals surface area (Å²) in [5, 5.41) is 6.50. The van der Waals surface area contributed by atoms with E-state index in [0.717, 1.165) is 39.6 Å². The lowest BCUT2D eigenvalue weighted by Gasteiger charge is -2.14. The van der Waals surface area contributed by atoms with E-state index in [0.29, 0.717) is 0 Å². The maximum Gasteiger partial charge on any atom is 0.139 e. The van der Waals surface area contributed by atoms with E-state index in [9.17, 15) is 0 Å². The third-order valence-corrected chi connectivity index (χ3v) is 4.06. The molecule has 2 N–H and O–H groups in total. The van der Waals surface area contributed by atoms with Crippen LogP contribution in [0.1, 0.15) is 23.9 Å². The standard InChI is InChI=1S/C15H19BrN4/c1-5-13-19-14(17-4)10(3)15(20-13)18-11-6-7-12(16)9(2)8-11/h6-8H,5H2,1-4H3,(H2,17,18,19,20). The van der Waals surface area contributed by atoms with Gasteiger partial charge < -0.3 is 10.6 Å². The molecule has 0 saturated heterocycles. The summed E-state index contributed by atoms with van der Waals surface area (Å²) in [5.74, 6) is 2.55. The zero-order valence-electron chi connectivity index (χ0n) is 12.2. The summed E-state index contributed by atoms with van der Waals surface area (Å²) in [7, 11) is 1.88. The van der Waals surface area contributed by atoms with Crippen LogP contribution in [0, 0.1) is 13.8 Å². The van der Waals surface area contributed by atoms with Crippen LogP contribution in [0.2, 0.25) is 0 Å². The number of rotatable bonds is 4. The van der Waals surface area contributed by atoms with Crippen molar-refractivity contribution in [3.05, 3.63) is 39.6 Å². The van der Waals surface area contributed by atoms with Gasteiger partial charge in [0, 0.05) is 29.2 Å². The average Bonchev–Trinajstić information content (AvgIpc) is 2.45. The molecule has 1 aromatic heterocycles. The highest BCUT2D eigenvalue weighted by Gasteiger charge is 2.09. The Morgan fingerprint density at radius 1 is 1.15 bits per heavy atom. The molecular weight excluding hydrogens is 316 g/mol. The minimum Gasteiger partial charge on any atom is -0.373 e. The second-order valence-corrected chi connectivity index (χ2v) is 5.51. The van der Waals surface area contributed by atoms with E-state index in [1.807, 2.05) is 26.1 Å². The highest BCUT2D eigenvalue weighted by atomic mass is 79.9. The smallest absolute Gasteiger partial charge is 0.139 e. The van der Waals surface area contributed by atoms with Crippen molar-refractivity contribution in [2.45, 2.75) is 27.2 Å². The van der Waals surface area contributed by atoms with E-state index in [1.54, 1.807) is 0 Å². The minimum atomic E-state index is 0.809. The van der Waals surface area contributed by atoms with Crippen molar-refractivity contribution in [3.63, 3.8) is 0 Å². The first-order chi connectivity index (χ1) is 9.55. The second kappa shape index (κ2) is 6.22. The molecule has 5 heteroatoms. The van der Waals surface area contributed by atoms with E-state index < -0.39 is 0 Å². The van der Waals surface area contributed by atoms with E-state index in [4.69, 9.17) is 0 Å². The van der Waals surface area contributed by atoms with Crippen molar-refractivity contribution in [1.82, 2.24) is 9.97 Å². The van der Waals surface area contributed by atoms with Gasteiger partial charge in [0.05, 0.1) is 0 Å². The number of nitrogens with one attached hydrogen (secondary N) is 2. The quantitative estimate of drug-likeness (QED) is 0.879. The van der Waals surface area contributed by atoms with Crippen molar-refractivity contribution in [1.29, 1.82) is 0 Å². The molecule has 20 heavy (non-hydrogen) atoms. The SMILES string of the molecule is CCc1nc(NC)c(C)c(Nc2ccc(Br)c(C)c2)n1. The maximum atomic E-state index is 4.57. The predicted octanol–water partition coefficient (Wildman–Crippen LogP) is 4.20. The average molecular weight is 335 g/mol. The van der Waals surface area contributed by atoms with Gasteiger partial charge in [-0.05, 0) is 37.6 Å². The topological polar surface area (TPSA) is 49.8 Å². The Morgan fingerprint density at radius 2 is 1.85 bits per heavy atom. The molecule has 0 radical (unpaired) electrons. The van der Waals surface area contributed by atoms with Crippen LogP contribution in [0.4, 0.5) is 17.3 Å². The number of hydrogen-bond donors (Lipinski definition) is 2. The molecule has 2 rings (SSSR count). The number of aryl methyl sites for hydroxylation is 2. The van der Waals surface area contributed by atoms with Gasteiger partial charge in [0.15, 0.2) is 0 Å². The molecule has 0 amide bonds. The summed E-state index contributed by atoms with van der Waals surface area (Å²) >= 11 is 3.51. The Hall–Kier alpha value is -1.62. The normalized spacial score (nSPS) is 10.4. The number of nitrogens with zero attached hydrogens (tertiary/aromatic N) is 2. The molecule has 0 saturated carbocycles. The van der Waals surface area contributed by atoms with Crippen LogP contribution in [0.3, 0.4) is 0 Å². The molecule has 0 aliphatic rings. The number of anilines is 3. The molecule has 0 atom stereocenters. The van der Waals surface area contributed by atoms with Gasteiger partial charge in [-0.1, -0.05) is 22.9 Å². The van der Waals surface area contributed by atoms with Gasteiger partial charge in [-0.2, -0.15) is 0 Å². The van der Waals surface area contributed by atoms with E-state index >= 15 is 0 Å². The van der Waals surface area contributed by atoms with Crippen molar-refractivity contribution < 1.29 is 0 Å². The molecule has 4 nitrogen and oxygen atoms in total. The summed E-state index contributed by atoms with van der Waals surface area (Å²) < 4.78 is 1.10. The third kappa shape index (κ3) is 3.10. The van der Waals surface area contributed by atoms with Gasteiger partial charge in [0.1, 0.15) is 17.5 Å². The van der Waals surface area contributed by atoms with Crippen LogP contribution in [0.5, 0.6) is 0 Å². The molecule has 1 aromatic carbocycles. The largest absolute Gasteiger partial charge is 0.373 e. The van der Waals surface area contributed by atoms with E-state index in [2.05, 4.69) is 56.4 Å². The first-order valence-corrected chi connectivity index (χ1v) is 7.43. The molecule has 0 bridgehead atoms. The summed E-state index contributed by atoms with van der Waals surface area (Å²) in [6.07, 6.45) is 0.809. The Kier molecular flexibility index (Phi) is 4.60. The predicted molar refractivity (Wildman–Crippen MR) is 87.9 cm³/mol. The van der Waals surface area contributed by atoms with Crippen LogP contribution < -0.4 is 10.6 Å². The highest BCUT2D eigenvalue weighted by molar-refractivity contribution is 9.10. The van der Waals surface area contributed by atoms with Gasteiger partial charge in [-0.15, -0.1) is 0 Å². The van der Waals surface area contributed by atoms with Crippen LogP contribution >= 0.6 is 15.9 Å². The lowest BCUT2D eigenvalue weighted by molar-refractivity contribution is 0.935. The summed E-state index contributed by atoms with van der Waals surface area (Å²) in [4.78, 5) is 9.05. The summed E-state index contributed by atoms with van der Waals surface area (Å²) in [5.41, 5.74) is 3.23. The fraction of sp³-hybridized carbons (Fsp3) is 0.333.